The molecule has 3 amide bonds. The number of hydrogen-bond acceptors (Lipinski definition) is 3. The number of carbonyl (C=O) groups excluding carboxylic acids is 2. The SMILES string of the molecule is N#Cc1ccc2c(c1)CCC2NC(=O)N1CCCN(C(=O)c2ccc(F)cc2)CC1. The Bertz CT molecular complexity index is 999. The monoisotopic (exact) mass is 406 g/mol. The number of aryl methyl sites for hydroxylation is 1. The lowest BCUT2D eigenvalue weighted by atomic mass is 10.1. The zero-order valence-corrected chi connectivity index (χ0v) is 16.6. The van der Waals surface area contributed by atoms with Crippen LogP contribution in [0.4, 0.5) is 9.18 Å². The molecule has 0 radical (unpaired) electrons. The molecular formula is C23H23FN4O2. The molecule has 30 heavy (non-hydrogen) atoms. The minimum atomic E-state index is -0.373. The fourth-order valence-corrected chi connectivity index (χ4v) is 4.18. The van der Waals surface area contributed by atoms with Crippen molar-refractivity contribution in [3.8, 4) is 6.07 Å². The van der Waals surface area contributed by atoms with Crippen molar-refractivity contribution in [3.05, 3.63) is 70.5 Å². The van der Waals surface area contributed by atoms with Gasteiger partial charge in [-0.25, -0.2) is 9.18 Å². The molecule has 0 aromatic heterocycles. The molecule has 1 atom stereocenters. The molecule has 1 N–H and O–H groups in total. The van der Waals surface area contributed by atoms with E-state index >= 15 is 0 Å². The van der Waals surface area contributed by atoms with Crippen LogP contribution in [-0.4, -0.2) is 47.9 Å². The third-order valence-electron chi connectivity index (χ3n) is 5.81. The van der Waals surface area contributed by atoms with Crippen molar-refractivity contribution in [2.75, 3.05) is 26.2 Å². The van der Waals surface area contributed by atoms with Gasteiger partial charge in [-0.3, -0.25) is 4.79 Å². The minimum absolute atomic E-state index is 0.0551. The number of rotatable bonds is 2. The Labute approximate surface area is 174 Å². The van der Waals surface area contributed by atoms with Crippen molar-refractivity contribution in [1.82, 2.24) is 15.1 Å². The molecule has 0 spiro atoms. The molecule has 2 aromatic rings. The molecule has 1 aliphatic heterocycles. The van der Waals surface area contributed by atoms with Crippen LogP contribution in [0.1, 0.15) is 45.9 Å². The molecule has 1 unspecified atom stereocenters. The Kier molecular flexibility index (Phi) is 5.66. The zero-order valence-electron chi connectivity index (χ0n) is 16.6. The third kappa shape index (κ3) is 4.13. The number of nitrogens with zero attached hydrogens (tertiary/aromatic N) is 3. The van der Waals surface area contributed by atoms with Gasteiger partial charge in [0.2, 0.25) is 0 Å². The molecule has 1 heterocycles. The summed E-state index contributed by atoms with van der Waals surface area (Å²) in [7, 11) is 0. The lowest BCUT2D eigenvalue weighted by Gasteiger charge is -2.24. The topological polar surface area (TPSA) is 76.4 Å². The van der Waals surface area contributed by atoms with E-state index in [1.165, 1.54) is 24.3 Å². The average Bonchev–Trinajstić information content (AvgIpc) is 2.99. The largest absolute Gasteiger partial charge is 0.337 e. The van der Waals surface area contributed by atoms with Gasteiger partial charge in [0, 0.05) is 31.7 Å². The second-order valence-electron chi connectivity index (χ2n) is 7.71. The molecule has 1 aliphatic carbocycles. The number of hydrogen-bond donors (Lipinski definition) is 1. The van der Waals surface area contributed by atoms with Crippen molar-refractivity contribution in [2.45, 2.75) is 25.3 Å². The van der Waals surface area contributed by atoms with E-state index in [1.807, 2.05) is 12.1 Å². The van der Waals surface area contributed by atoms with Gasteiger partial charge in [0.05, 0.1) is 17.7 Å². The predicted molar refractivity (Wildman–Crippen MR) is 109 cm³/mol. The zero-order chi connectivity index (χ0) is 21.1. The number of carbonyl (C=O) groups is 2. The number of benzene rings is 2. The molecule has 1 saturated heterocycles. The van der Waals surface area contributed by atoms with Gasteiger partial charge in [-0.15, -0.1) is 0 Å². The summed E-state index contributed by atoms with van der Waals surface area (Å²) in [5.41, 5.74) is 3.28. The first-order valence-electron chi connectivity index (χ1n) is 10.2. The average molecular weight is 406 g/mol. The Morgan fingerprint density at radius 2 is 1.77 bits per heavy atom. The van der Waals surface area contributed by atoms with E-state index in [9.17, 15) is 14.0 Å². The van der Waals surface area contributed by atoms with E-state index in [-0.39, 0.29) is 23.8 Å². The Morgan fingerprint density at radius 3 is 2.53 bits per heavy atom. The first-order chi connectivity index (χ1) is 14.5. The summed E-state index contributed by atoms with van der Waals surface area (Å²) < 4.78 is 13.1. The van der Waals surface area contributed by atoms with Crippen LogP contribution in [-0.2, 0) is 6.42 Å². The summed E-state index contributed by atoms with van der Waals surface area (Å²) in [4.78, 5) is 29.0. The van der Waals surface area contributed by atoms with Gasteiger partial charge < -0.3 is 15.1 Å². The number of urea groups is 1. The van der Waals surface area contributed by atoms with Crippen LogP contribution >= 0.6 is 0 Å². The molecule has 2 aromatic carbocycles. The van der Waals surface area contributed by atoms with Gasteiger partial charge >= 0.3 is 6.03 Å². The van der Waals surface area contributed by atoms with E-state index < -0.39 is 0 Å². The normalized spacial score (nSPS) is 18.3. The third-order valence-corrected chi connectivity index (χ3v) is 5.81. The second-order valence-corrected chi connectivity index (χ2v) is 7.71. The van der Waals surface area contributed by atoms with Gasteiger partial charge in [0.1, 0.15) is 5.82 Å². The van der Waals surface area contributed by atoms with Crippen molar-refractivity contribution >= 4 is 11.9 Å². The molecular weight excluding hydrogens is 383 g/mol. The van der Waals surface area contributed by atoms with Gasteiger partial charge in [0.15, 0.2) is 0 Å². The van der Waals surface area contributed by atoms with E-state index in [4.69, 9.17) is 5.26 Å². The van der Waals surface area contributed by atoms with Gasteiger partial charge in [0.25, 0.3) is 5.91 Å². The van der Waals surface area contributed by atoms with Gasteiger partial charge in [-0.2, -0.15) is 5.26 Å². The summed E-state index contributed by atoms with van der Waals surface area (Å²) in [5.74, 6) is -0.516. The first kappa shape index (κ1) is 19.9. The molecule has 0 bridgehead atoms. The predicted octanol–water partition coefficient (Wildman–Crippen LogP) is 3.24. The van der Waals surface area contributed by atoms with Crippen molar-refractivity contribution in [2.24, 2.45) is 0 Å². The lowest BCUT2D eigenvalue weighted by molar-refractivity contribution is 0.0762. The molecule has 154 valence electrons. The highest BCUT2D eigenvalue weighted by atomic mass is 19.1. The van der Waals surface area contributed by atoms with Crippen molar-refractivity contribution < 1.29 is 14.0 Å². The van der Waals surface area contributed by atoms with E-state index in [2.05, 4.69) is 11.4 Å². The van der Waals surface area contributed by atoms with Gasteiger partial charge in [-0.1, -0.05) is 6.07 Å². The van der Waals surface area contributed by atoms with Crippen LogP contribution in [0, 0.1) is 17.1 Å². The second kappa shape index (κ2) is 8.54. The molecule has 6 nitrogen and oxygen atoms in total. The smallest absolute Gasteiger partial charge is 0.317 e. The van der Waals surface area contributed by atoms with E-state index in [0.29, 0.717) is 43.7 Å². The van der Waals surface area contributed by atoms with Crippen LogP contribution in [0.15, 0.2) is 42.5 Å². The fraction of sp³-hybridized carbons (Fsp3) is 0.348. The molecule has 4 rings (SSSR count). The number of halogens is 1. The number of nitriles is 1. The highest BCUT2D eigenvalue weighted by molar-refractivity contribution is 5.94. The van der Waals surface area contributed by atoms with Crippen molar-refractivity contribution in [3.63, 3.8) is 0 Å². The number of amides is 3. The summed E-state index contributed by atoms with van der Waals surface area (Å²) >= 11 is 0. The Hall–Kier alpha value is -3.40. The maximum Gasteiger partial charge on any atom is 0.317 e. The minimum Gasteiger partial charge on any atom is -0.337 e. The number of nitrogens with one attached hydrogen (secondary N) is 1. The van der Waals surface area contributed by atoms with Crippen LogP contribution in [0.3, 0.4) is 0 Å². The summed E-state index contributed by atoms with van der Waals surface area (Å²) in [6.07, 6.45) is 2.35. The maximum absolute atomic E-state index is 13.1. The highest BCUT2D eigenvalue weighted by Gasteiger charge is 2.28. The van der Waals surface area contributed by atoms with Crippen LogP contribution in [0.5, 0.6) is 0 Å². The standard InChI is InChI=1S/C23H23FN4O2/c24-19-6-3-17(4-7-19)22(29)27-10-1-11-28(13-12-27)23(30)26-21-9-5-18-14-16(15-25)2-8-20(18)21/h2-4,6-8,14,21H,1,5,9-13H2,(H,26,30). The molecule has 7 heteroatoms. The van der Waals surface area contributed by atoms with Gasteiger partial charge in [-0.05, 0) is 66.8 Å². The Balaban J connectivity index is 1.36. The van der Waals surface area contributed by atoms with E-state index in [0.717, 1.165) is 24.0 Å². The highest BCUT2D eigenvalue weighted by Crippen LogP contribution is 2.31. The molecule has 1 fully saturated rings. The summed E-state index contributed by atoms with van der Waals surface area (Å²) in [5, 5.41) is 12.2. The summed E-state index contributed by atoms with van der Waals surface area (Å²) in [6.45, 7) is 2.03. The first-order valence-corrected chi connectivity index (χ1v) is 10.2. The van der Waals surface area contributed by atoms with E-state index in [1.54, 1.807) is 15.9 Å². The maximum atomic E-state index is 13.1. The number of fused-ring (bicyclic) bond motifs is 1. The quantitative estimate of drug-likeness (QED) is 0.832. The Morgan fingerprint density at radius 1 is 1.03 bits per heavy atom. The molecule has 0 saturated carbocycles. The lowest BCUT2D eigenvalue weighted by Crippen LogP contribution is -2.43. The van der Waals surface area contributed by atoms with Crippen LogP contribution in [0.2, 0.25) is 0 Å². The van der Waals surface area contributed by atoms with Crippen LogP contribution in [0.25, 0.3) is 0 Å². The van der Waals surface area contributed by atoms with Crippen LogP contribution < -0.4 is 5.32 Å². The summed E-state index contributed by atoms with van der Waals surface area (Å²) in [6, 6.07) is 13.1. The fourth-order valence-electron chi connectivity index (χ4n) is 4.18. The molecule has 2 aliphatic rings. The van der Waals surface area contributed by atoms with Crippen molar-refractivity contribution in [1.29, 1.82) is 5.26 Å².